The third-order valence-corrected chi connectivity index (χ3v) is 4.75. The van der Waals surface area contributed by atoms with Gasteiger partial charge in [-0.3, -0.25) is 4.79 Å². The number of rotatable bonds is 6. The van der Waals surface area contributed by atoms with Crippen LogP contribution in [0.1, 0.15) is 25.0 Å². The Morgan fingerprint density at radius 1 is 1.00 bits per heavy atom. The zero-order valence-corrected chi connectivity index (χ0v) is 15.1. The molecule has 1 fully saturated rings. The summed E-state index contributed by atoms with van der Waals surface area (Å²) in [4.78, 5) is 12.1. The maximum Gasteiger partial charge on any atom is 0.409 e. The number of carbonyl (C=O) groups is 1. The van der Waals surface area contributed by atoms with E-state index in [1.807, 2.05) is 0 Å². The highest BCUT2D eigenvalue weighted by Crippen LogP contribution is 2.59. The van der Waals surface area contributed by atoms with Gasteiger partial charge in [0.25, 0.3) is 0 Å². The molecule has 1 aromatic carbocycles. The topological polar surface area (TPSA) is 35.5 Å². The van der Waals surface area contributed by atoms with Gasteiger partial charge in [0, 0.05) is 13.2 Å². The molecule has 3 nitrogen and oxygen atoms in total. The van der Waals surface area contributed by atoms with Crippen LogP contribution < -0.4 is 0 Å². The number of carbonyl (C=O) groups excluding carboxylic acids is 1. The van der Waals surface area contributed by atoms with Crippen molar-refractivity contribution in [1.29, 1.82) is 0 Å². The van der Waals surface area contributed by atoms with Crippen LogP contribution in [0, 0.1) is 40.5 Å². The summed E-state index contributed by atoms with van der Waals surface area (Å²) >= 11 is 0. The molecule has 0 bridgehead atoms. The van der Waals surface area contributed by atoms with Gasteiger partial charge in [-0.05, 0) is 11.3 Å². The summed E-state index contributed by atoms with van der Waals surface area (Å²) in [6.07, 6.45) is -3.75. The van der Waals surface area contributed by atoms with Gasteiger partial charge < -0.3 is 9.47 Å². The molecule has 156 valence electrons. The lowest BCUT2D eigenvalue weighted by Crippen LogP contribution is -2.15. The second-order valence-corrected chi connectivity index (χ2v) is 6.98. The first kappa shape index (κ1) is 22.2. The summed E-state index contributed by atoms with van der Waals surface area (Å²) in [6.45, 7) is 1.21. The Kier molecular flexibility index (Phi) is 6.13. The summed E-state index contributed by atoms with van der Waals surface area (Å²) in [5.41, 5.74) is -2.95. The monoisotopic (exact) mass is 414 g/mol. The van der Waals surface area contributed by atoms with Gasteiger partial charge in [0.2, 0.25) is 0 Å². The zero-order valence-electron chi connectivity index (χ0n) is 15.1. The minimum Gasteiger partial charge on any atom is -0.460 e. The van der Waals surface area contributed by atoms with Crippen LogP contribution in [0.25, 0.3) is 0 Å². The van der Waals surface area contributed by atoms with Crippen molar-refractivity contribution in [2.75, 3.05) is 7.11 Å². The normalized spacial score (nSPS) is 21.2. The fourth-order valence-electron chi connectivity index (χ4n) is 3.05. The number of halogens is 7. The van der Waals surface area contributed by atoms with Crippen molar-refractivity contribution < 1.29 is 45.0 Å². The van der Waals surface area contributed by atoms with E-state index in [9.17, 15) is 35.5 Å². The Morgan fingerprint density at radius 3 is 1.89 bits per heavy atom. The van der Waals surface area contributed by atoms with E-state index in [-0.39, 0.29) is 6.08 Å². The van der Waals surface area contributed by atoms with Gasteiger partial charge in [0.15, 0.2) is 23.3 Å². The molecular weight excluding hydrogens is 397 g/mol. The minimum absolute atomic E-state index is 0.00862. The molecule has 0 spiro atoms. The van der Waals surface area contributed by atoms with E-state index >= 15 is 0 Å². The van der Waals surface area contributed by atoms with Crippen molar-refractivity contribution in [1.82, 2.24) is 0 Å². The molecule has 0 N–H and O–H groups in total. The highest BCUT2D eigenvalue weighted by molar-refractivity contribution is 5.78. The second kappa shape index (κ2) is 7.73. The number of methoxy groups -OCH3 is 1. The highest BCUT2D eigenvalue weighted by Gasteiger charge is 2.61. The van der Waals surface area contributed by atoms with E-state index in [0.29, 0.717) is 0 Å². The van der Waals surface area contributed by atoms with Crippen LogP contribution in [0.15, 0.2) is 12.2 Å². The molecule has 28 heavy (non-hydrogen) atoms. The maximum absolute atomic E-state index is 14.0. The molecule has 0 aliphatic heterocycles. The van der Waals surface area contributed by atoms with Crippen LogP contribution in [-0.2, 0) is 27.5 Å². The van der Waals surface area contributed by atoms with Gasteiger partial charge in [0.05, 0.1) is 23.7 Å². The summed E-state index contributed by atoms with van der Waals surface area (Å²) in [5.74, 6) is -9.63. The number of ether oxygens (including phenoxy) is 2. The molecule has 2 unspecified atom stereocenters. The highest BCUT2D eigenvalue weighted by atomic mass is 19.4. The first-order valence-electron chi connectivity index (χ1n) is 8.08. The molecule has 0 radical (unpaired) electrons. The third-order valence-electron chi connectivity index (χ3n) is 4.75. The molecular formula is C18H17F7O3. The molecule has 1 aliphatic carbocycles. The largest absolute Gasteiger partial charge is 0.460 e. The van der Waals surface area contributed by atoms with Gasteiger partial charge in [-0.25, -0.2) is 17.6 Å². The molecule has 1 saturated carbocycles. The number of benzene rings is 1. The van der Waals surface area contributed by atoms with Gasteiger partial charge in [-0.15, -0.1) is 0 Å². The van der Waals surface area contributed by atoms with Gasteiger partial charge in [-0.2, -0.15) is 13.2 Å². The van der Waals surface area contributed by atoms with Crippen molar-refractivity contribution in [3.05, 3.63) is 46.5 Å². The van der Waals surface area contributed by atoms with Crippen LogP contribution in [0.3, 0.4) is 0 Å². The predicted molar refractivity (Wildman–Crippen MR) is 82.7 cm³/mol. The lowest BCUT2D eigenvalue weighted by atomic mass is 10.1. The summed E-state index contributed by atoms with van der Waals surface area (Å²) < 4.78 is 102. The summed E-state index contributed by atoms with van der Waals surface area (Å²) in [6, 6.07) is 0. The van der Waals surface area contributed by atoms with Gasteiger partial charge in [0.1, 0.15) is 6.61 Å². The van der Waals surface area contributed by atoms with Crippen molar-refractivity contribution in [2.45, 2.75) is 33.2 Å². The molecule has 0 aromatic heterocycles. The van der Waals surface area contributed by atoms with Crippen LogP contribution in [-0.4, -0.2) is 19.3 Å². The van der Waals surface area contributed by atoms with Crippen molar-refractivity contribution in [2.24, 2.45) is 17.3 Å². The smallest absolute Gasteiger partial charge is 0.409 e. The predicted octanol–water partition coefficient (Wildman–Crippen LogP) is 4.82. The Bertz CT molecular complexity index is 770. The molecule has 0 saturated heterocycles. The number of allylic oxidation sites excluding steroid dienone is 2. The number of hydrogen-bond donors (Lipinski definition) is 0. The number of esters is 1. The first-order valence-corrected chi connectivity index (χ1v) is 8.08. The molecule has 0 amide bonds. The van der Waals surface area contributed by atoms with Crippen LogP contribution in [0.4, 0.5) is 30.7 Å². The lowest BCUT2D eigenvalue weighted by molar-refractivity contribution is -0.147. The zero-order chi connectivity index (χ0) is 21.4. The van der Waals surface area contributed by atoms with E-state index in [4.69, 9.17) is 4.74 Å². The Hall–Kier alpha value is -2.10. The van der Waals surface area contributed by atoms with Crippen molar-refractivity contribution >= 4 is 5.97 Å². The molecule has 1 aliphatic rings. The average molecular weight is 414 g/mol. The number of hydrogen-bond acceptors (Lipinski definition) is 3. The van der Waals surface area contributed by atoms with Crippen LogP contribution >= 0.6 is 0 Å². The van der Waals surface area contributed by atoms with E-state index in [2.05, 4.69) is 4.74 Å². The first-order chi connectivity index (χ1) is 12.8. The number of alkyl halides is 3. The van der Waals surface area contributed by atoms with Crippen molar-refractivity contribution in [3.63, 3.8) is 0 Å². The molecule has 2 rings (SSSR count). The standard InChI is InChI=1S/C18H17F7O3/c1-17(2)10(4-5-18(23,24)25)11(17)16(26)28-7-9-14(21)12(19)8(6-27-3)13(20)15(9)22/h4-5,10-11H,6-7H2,1-3H3/b5-4+. The van der Waals surface area contributed by atoms with Crippen molar-refractivity contribution in [3.8, 4) is 0 Å². The van der Waals surface area contributed by atoms with Gasteiger partial charge in [-0.1, -0.05) is 19.9 Å². The fourth-order valence-corrected chi connectivity index (χ4v) is 3.05. The Balaban J connectivity index is 2.15. The molecule has 1 aromatic rings. The Labute approximate surface area is 156 Å². The average Bonchev–Trinajstić information content (AvgIpc) is 3.15. The SMILES string of the molecule is COCc1c(F)c(F)c(COC(=O)C2C(/C=C/C(F)(F)F)C2(C)C)c(F)c1F. The maximum atomic E-state index is 14.0. The molecule has 2 atom stereocenters. The third kappa shape index (κ3) is 4.31. The fraction of sp³-hybridized carbons (Fsp3) is 0.500. The van der Waals surface area contributed by atoms with E-state index in [1.54, 1.807) is 0 Å². The van der Waals surface area contributed by atoms with E-state index < -0.39 is 77.0 Å². The second-order valence-electron chi connectivity index (χ2n) is 6.98. The van der Waals surface area contributed by atoms with Gasteiger partial charge >= 0.3 is 12.1 Å². The summed E-state index contributed by atoms with van der Waals surface area (Å²) in [7, 11) is 1.07. The molecule has 10 heteroatoms. The van der Waals surface area contributed by atoms with Crippen LogP contribution in [0.5, 0.6) is 0 Å². The molecule has 0 heterocycles. The lowest BCUT2D eigenvalue weighted by Gasteiger charge is -2.12. The van der Waals surface area contributed by atoms with Crippen LogP contribution in [0.2, 0.25) is 0 Å². The van der Waals surface area contributed by atoms with E-state index in [1.165, 1.54) is 13.8 Å². The Morgan fingerprint density at radius 2 is 1.46 bits per heavy atom. The quantitative estimate of drug-likeness (QED) is 0.290. The van der Waals surface area contributed by atoms with E-state index in [0.717, 1.165) is 13.2 Å². The minimum atomic E-state index is -4.56. The summed E-state index contributed by atoms with van der Waals surface area (Å²) in [5, 5.41) is 0.